The Balaban J connectivity index is 1.82. The zero-order valence-electron chi connectivity index (χ0n) is 12.9. The zero-order chi connectivity index (χ0) is 17.1. The van der Waals surface area contributed by atoms with E-state index in [4.69, 9.17) is 21.1 Å². The molecule has 0 bridgehead atoms. The van der Waals surface area contributed by atoms with E-state index in [1.165, 1.54) is 0 Å². The molecule has 0 amide bonds. The van der Waals surface area contributed by atoms with Crippen LogP contribution < -0.4 is 0 Å². The van der Waals surface area contributed by atoms with Gasteiger partial charge in [-0.15, -0.1) is 0 Å². The number of carboxylic acid groups (broad SMARTS) is 1. The lowest BCUT2D eigenvalue weighted by atomic mass is 10.1. The molecule has 3 rings (SSSR count). The first-order chi connectivity index (χ1) is 11.6. The maximum Gasteiger partial charge on any atom is 0.313 e. The summed E-state index contributed by atoms with van der Waals surface area (Å²) in [5.74, 6) is 0.482. The van der Waals surface area contributed by atoms with E-state index in [-0.39, 0.29) is 5.75 Å². The van der Waals surface area contributed by atoms with Gasteiger partial charge < -0.3 is 9.52 Å². The fourth-order valence-electron chi connectivity index (χ4n) is 2.28. The van der Waals surface area contributed by atoms with E-state index in [0.717, 1.165) is 40.1 Å². The van der Waals surface area contributed by atoms with E-state index < -0.39 is 5.97 Å². The van der Waals surface area contributed by atoms with E-state index in [9.17, 15) is 4.79 Å². The molecule has 124 valence electrons. The number of rotatable bonds is 6. The largest absolute Gasteiger partial charge is 0.481 e. The van der Waals surface area contributed by atoms with Crippen molar-refractivity contribution in [2.75, 3.05) is 5.75 Å². The number of aliphatic carboxylic acids is 1. The molecule has 0 fully saturated rings. The highest BCUT2D eigenvalue weighted by molar-refractivity contribution is 7.99. The van der Waals surface area contributed by atoms with Gasteiger partial charge in [-0.05, 0) is 42.3 Å². The second-order valence-corrected chi connectivity index (χ2v) is 6.53. The van der Waals surface area contributed by atoms with Gasteiger partial charge in [0.2, 0.25) is 0 Å². The standard InChI is InChI=1S/C17H15ClN2O3S/c1-2-10-7-11(3-4-12(10)18)14-5-6-15(23-14)13-8-16(20-19-13)24-9-17(21)22/h3-8H,2,9H2,1H3,(H,19,20)(H,21,22). The summed E-state index contributed by atoms with van der Waals surface area (Å²) in [6, 6.07) is 11.3. The fraction of sp³-hybridized carbons (Fsp3) is 0.176. The lowest BCUT2D eigenvalue weighted by Gasteiger charge is -2.03. The third-order valence-corrected chi connectivity index (χ3v) is 4.75. The SMILES string of the molecule is CCc1cc(-c2ccc(-c3cc(SCC(=O)O)n[nH]3)o2)ccc1Cl. The highest BCUT2D eigenvalue weighted by atomic mass is 35.5. The third-order valence-electron chi connectivity index (χ3n) is 3.48. The smallest absolute Gasteiger partial charge is 0.313 e. The van der Waals surface area contributed by atoms with E-state index in [2.05, 4.69) is 17.1 Å². The van der Waals surface area contributed by atoms with E-state index >= 15 is 0 Å². The zero-order valence-corrected chi connectivity index (χ0v) is 14.4. The number of aromatic amines is 1. The first kappa shape index (κ1) is 16.7. The van der Waals surface area contributed by atoms with Crippen molar-refractivity contribution in [2.45, 2.75) is 18.4 Å². The van der Waals surface area contributed by atoms with E-state index in [0.29, 0.717) is 16.5 Å². The average molecular weight is 363 g/mol. The molecule has 0 atom stereocenters. The summed E-state index contributed by atoms with van der Waals surface area (Å²) in [6.07, 6.45) is 0.852. The van der Waals surface area contributed by atoms with Crippen LogP contribution in [0.5, 0.6) is 0 Å². The van der Waals surface area contributed by atoms with Crippen LogP contribution in [0.1, 0.15) is 12.5 Å². The third kappa shape index (κ3) is 3.66. The maximum atomic E-state index is 10.6. The van der Waals surface area contributed by atoms with Crippen molar-refractivity contribution in [1.82, 2.24) is 10.2 Å². The van der Waals surface area contributed by atoms with Crippen molar-refractivity contribution in [1.29, 1.82) is 0 Å². The number of carbonyl (C=O) groups is 1. The summed E-state index contributed by atoms with van der Waals surface area (Å²) >= 11 is 7.31. The molecule has 0 aliphatic rings. The molecule has 24 heavy (non-hydrogen) atoms. The highest BCUT2D eigenvalue weighted by Crippen LogP contribution is 2.31. The van der Waals surface area contributed by atoms with Crippen LogP contribution in [0.3, 0.4) is 0 Å². The van der Waals surface area contributed by atoms with E-state index in [1.807, 2.05) is 30.3 Å². The second kappa shape index (κ2) is 7.15. The lowest BCUT2D eigenvalue weighted by molar-refractivity contribution is -0.133. The molecule has 2 N–H and O–H groups in total. The van der Waals surface area contributed by atoms with Crippen LogP contribution in [0.2, 0.25) is 5.02 Å². The molecule has 2 heterocycles. The molecule has 2 aromatic heterocycles. The van der Waals surface area contributed by atoms with Crippen molar-refractivity contribution in [3.8, 4) is 22.8 Å². The Morgan fingerprint density at radius 1 is 1.29 bits per heavy atom. The number of hydrogen-bond donors (Lipinski definition) is 2. The summed E-state index contributed by atoms with van der Waals surface area (Å²) in [7, 11) is 0. The summed E-state index contributed by atoms with van der Waals surface area (Å²) in [5.41, 5.74) is 2.74. The van der Waals surface area contributed by atoms with Crippen LogP contribution in [-0.2, 0) is 11.2 Å². The molecule has 0 spiro atoms. The molecule has 7 heteroatoms. The highest BCUT2D eigenvalue weighted by Gasteiger charge is 2.12. The van der Waals surface area contributed by atoms with E-state index in [1.54, 1.807) is 6.07 Å². The molecule has 0 saturated carbocycles. The van der Waals surface area contributed by atoms with Crippen LogP contribution in [0.15, 0.2) is 45.8 Å². The number of nitrogens with one attached hydrogen (secondary N) is 1. The fourth-order valence-corrected chi connectivity index (χ4v) is 3.11. The average Bonchev–Trinajstić information content (AvgIpc) is 3.22. The van der Waals surface area contributed by atoms with Crippen molar-refractivity contribution < 1.29 is 14.3 Å². The quantitative estimate of drug-likeness (QED) is 0.620. The molecule has 0 saturated heterocycles. The van der Waals surface area contributed by atoms with Gasteiger partial charge in [0.05, 0.1) is 5.75 Å². The van der Waals surface area contributed by atoms with Gasteiger partial charge >= 0.3 is 5.97 Å². The number of hydrogen-bond acceptors (Lipinski definition) is 4. The minimum Gasteiger partial charge on any atom is -0.481 e. The van der Waals surface area contributed by atoms with Gasteiger partial charge in [0.15, 0.2) is 5.76 Å². The first-order valence-corrected chi connectivity index (χ1v) is 8.72. The molecular formula is C17H15ClN2O3S. The summed E-state index contributed by atoms with van der Waals surface area (Å²) in [5, 5.41) is 17.0. The normalized spacial score (nSPS) is 10.9. The number of H-pyrrole nitrogens is 1. The van der Waals surface area contributed by atoms with Crippen LogP contribution in [-0.4, -0.2) is 27.0 Å². The van der Waals surface area contributed by atoms with Gasteiger partial charge in [-0.1, -0.05) is 30.3 Å². The summed E-state index contributed by atoms with van der Waals surface area (Å²) in [4.78, 5) is 10.6. The number of thioether (sulfide) groups is 1. The van der Waals surface area contributed by atoms with Gasteiger partial charge in [0.1, 0.15) is 16.5 Å². The molecular weight excluding hydrogens is 348 g/mol. The van der Waals surface area contributed by atoms with Gasteiger partial charge in [-0.25, -0.2) is 0 Å². The lowest BCUT2D eigenvalue weighted by Crippen LogP contribution is -1.97. The van der Waals surface area contributed by atoms with Crippen LogP contribution in [0, 0.1) is 0 Å². The van der Waals surface area contributed by atoms with Crippen LogP contribution in [0.4, 0.5) is 0 Å². The second-order valence-electron chi connectivity index (χ2n) is 5.13. The minimum absolute atomic E-state index is 0.0295. The topological polar surface area (TPSA) is 79.1 Å². The molecule has 3 aromatic rings. The molecule has 5 nitrogen and oxygen atoms in total. The van der Waals surface area contributed by atoms with Crippen molar-refractivity contribution in [3.05, 3.63) is 47.0 Å². The number of nitrogens with zero attached hydrogens (tertiary/aromatic N) is 1. The molecule has 0 unspecified atom stereocenters. The van der Waals surface area contributed by atoms with Gasteiger partial charge in [0, 0.05) is 16.7 Å². The van der Waals surface area contributed by atoms with Crippen LogP contribution in [0.25, 0.3) is 22.8 Å². The predicted molar refractivity (Wildman–Crippen MR) is 94.5 cm³/mol. The summed E-state index contributed by atoms with van der Waals surface area (Å²) in [6.45, 7) is 2.06. The molecule has 0 aliphatic carbocycles. The van der Waals surface area contributed by atoms with Gasteiger partial charge in [0.25, 0.3) is 0 Å². The first-order valence-electron chi connectivity index (χ1n) is 7.36. The van der Waals surface area contributed by atoms with Gasteiger partial charge in [-0.2, -0.15) is 5.10 Å². The number of halogens is 1. The number of aromatic nitrogens is 2. The molecule has 1 aromatic carbocycles. The molecule has 0 radical (unpaired) electrons. The maximum absolute atomic E-state index is 10.6. The summed E-state index contributed by atoms with van der Waals surface area (Å²) < 4.78 is 5.89. The van der Waals surface area contributed by atoms with Crippen LogP contribution >= 0.6 is 23.4 Å². The number of benzene rings is 1. The Kier molecular flexibility index (Phi) is 4.97. The minimum atomic E-state index is -0.876. The Morgan fingerprint density at radius 3 is 2.83 bits per heavy atom. The predicted octanol–water partition coefficient (Wildman–Crippen LogP) is 4.73. The Bertz CT molecular complexity index is 872. The number of aryl methyl sites for hydroxylation is 1. The van der Waals surface area contributed by atoms with Crippen molar-refractivity contribution in [3.63, 3.8) is 0 Å². The van der Waals surface area contributed by atoms with Gasteiger partial charge in [-0.3, -0.25) is 9.89 Å². The Morgan fingerprint density at radius 2 is 2.08 bits per heavy atom. The van der Waals surface area contributed by atoms with Crippen molar-refractivity contribution >= 4 is 29.3 Å². The number of furan rings is 1. The Hall–Kier alpha value is -2.18. The Labute approximate surface area is 148 Å². The molecule has 0 aliphatic heterocycles. The monoisotopic (exact) mass is 362 g/mol. The number of carboxylic acids is 1. The van der Waals surface area contributed by atoms with Crippen molar-refractivity contribution in [2.24, 2.45) is 0 Å².